The van der Waals surface area contributed by atoms with E-state index >= 15 is 0 Å². The van der Waals surface area contributed by atoms with Gasteiger partial charge in [0.25, 0.3) is 0 Å². The van der Waals surface area contributed by atoms with Crippen LogP contribution in [0.5, 0.6) is 0 Å². The fraction of sp³-hybridized carbons (Fsp3) is 1.00. The van der Waals surface area contributed by atoms with Crippen molar-refractivity contribution in [3.05, 3.63) is 0 Å². The van der Waals surface area contributed by atoms with Gasteiger partial charge in [-0.25, -0.2) is 0 Å². The summed E-state index contributed by atoms with van der Waals surface area (Å²) < 4.78 is 24.1. The SMILES string of the molecule is CC[C@@H]1O[C@H](C)O[C@@]1(C)[C@H]1O[C@H](C)O[C@H](C(C)C)[C@@H]1C. The zero-order chi connectivity index (χ0) is 15.1. The lowest BCUT2D eigenvalue weighted by Gasteiger charge is -2.48. The van der Waals surface area contributed by atoms with Crippen molar-refractivity contribution >= 4 is 0 Å². The van der Waals surface area contributed by atoms with Crippen molar-refractivity contribution in [3.63, 3.8) is 0 Å². The van der Waals surface area contributed by atoms with Gasteiger partial charge in [-0.3, -0.25) is 0 Å². The van der Waals surface area contributed by atoms with Gasteiger partial charge < -0.3 is 18.9 Å². The van der Waals surface area contributed by atoms with Gasteiger partial charge >= 0.3 is 0 Å². The number of ether oxygens (including phenoxy) is 4. The molecule has 0 aliphatic carbocycles. The largest absolute Gasteiger partial charge is 0.349 e. The quantitative estimate of drug-likeness (QED) is 0.797. The second kappa shape index (κ2) is 5.91. The van der Waals surface area contributed by atoms with E-state index in [1.54, 1.807) is 0 Å². The molecule has 0 unspecified atom stereocenters. The molecule has 0 saturated carbocycles. The first-order valence-electron chi connectivity index (χ1n) is 7.93. The maximum absolute atomic E-state index is 6.14. The van der Waals surface area contributed by atoms with Crippen molar-refractivity contribution < 1.29 is 18.9 Å². The molecule has 0 aromatic rings. The summed E-state index contributed by atoms with van der Waals surface area (Å²) in [6.07, 6.45) is 0.817. The van der Waals surface area contributed by atoms with E-state index in [0.717, 1.165) is 6.42 Å². The highest BCUT2D eigenvalue weighted by molar-refractivity contribution is 5.01. The standard InChI is InChI=1S/C16H30O4/c1-8-13-16(7,20-12(6)17-13)15-10(4)14(9(2)3)18-11(5)19-15/h9-15H,8H2,1-7H3/t10-,11+,12-,13-,14+,15-,16+/m0/s1. The molecule has 4 heteroatoms. The van der Waals surface area contributed by atoms with Gasteiger partial charge in [-0.05, 0) is 33.1 Å². The summed E-state index contributed by atoms with van der Waals surface area (Å²) in [4.78, 5) is 0. The molecular formula is C16H30O4. The second-order valence-electron chi connectivity index (χ2n) is 6.73. The van der Waals surface area contributed by atoms with Crippen molar-refractivity contribution in [3.8, 4) is 0 Å². The van der Waals surface area contributed by atoms with Crippen LogP contribution < -0.4 is 0 Å². The molecule has 0 N–H and O–H groups in total. The molecule has 2 aliphatic heterocycles. The minimum absolute atomic E-state index is 0.00597. The Morgan fingerprint density at radius 3 is 2.20 bits per heavy atom. The Hall–Kier alpha value is -0.160. The van der Waals surface area contributed by atoms with E-state index in [4.69, 9.17) is 18.9 Å². The molecule has 0 aromatic heterocycles. The van der Waals surface area contributed by atoms with Crippen LogP contribution in [0.2, 0.25) is 0 Å². The van der Waals surface area contributed by atoms with Crippen LogP contribution >= 0.6 is 0 Å². The van der Waals surface area contributed by atoms with Crippen LogP contribution in [0, 0.1) is 11.8 Å². The van der Waals surface area contributed by atoms with E-state index in [1.807, 2.05) is 13.8 Å². The fourth-order valence-corrected chi connectivity index (χ4v) is 3.88. The van der Waals surface area contributed by atoms with Crippen molar-refractivity contribution in [1.82, 2.24) is 0 Å². The Bertz CT molecular complexity index is 332. The number of hydrogen-bond acceptors (Lipinski definition) is 4. The summed E-state index contributed by atoms with van der Waals surface area (Å²) in [7, 11) is 0. The summed E-state index contributed by atoms with van der Waals surface area (Å²) in [6, 6.07) is 0. The molecule has 0 spiro atoms. The first kappa shape index (κ1) is 16.2. The van der Waals surface area contributed by atoms with Crippen molar-refractivity contribution in [2.24, 2.45) is 11.8 Å². The molecule has 4 nitrogen and oxygen atoms in total. The van der Waals surface area contributed by atoms with Gasteiger partial charge in [-0.1, -0.05) is 27.7 Å². The van der Waals surface area contributed by atoms with Crippen LogP contribution in [0.4, 0.5) is 0 Å². The Kier molecular flexibility index (Phi) is 4.80. The van der Waals surface area contributed by atoms with Crippen LogP contribution in [0.3, 0.4) is 0 Å². The van der Waals surface area contributed by atoms with Gasteiger partial charge in [0.15, 0.2) is 12.6 Å². The third-order valence-electron chi connectivity index (χ3n) is 4.69. The molecule has 0 amide bonds. The van der Waals surface area contributed by atoms with Crippen molar-refractivity contribution in [2.75, 3.05) is 0 Å². The Labute approximate surface area is 123 Å². The fourth-order valence-electron chi connectivity index (χ4n) is 3.88. The topological polar surface area (TPSA) is 36.9 Å². The Balaban J connectivity index is 2.25. The Morgan fingerprint density at radius 2 is 1.65 bits per heavy atom. The molecule has 2 rings (SSSR count). The van der Waals surface area contributed by atoms with Crippen molar-refractivity contribution in [2.45, 2.75) is 91.4 Å². The molecule has 20 heavy (non-hydrogen) atoms. The van der Waals surface area contributed by atoms with Gasteiger partial charge in [-0.15, -0.1) is 0 Å². The first-order chi connectivity index (χ1) is 9.29. The van der Waals surface area contributed by atoms with E-state index in [0.29, 0.717) is 5.92 Å². The summed E-state index contributed by atoms with van der Waals surface area (Å²) in [6.45, 7) is 14.8. The summed E-state index contributed by atoms with van der Waals surface area (Å²) >= 11 is 0. The van der Waals surface area contributed by atoms with Crippen LogP contribution in [-0.4, -0.2) is 36.5 Å². The van der Waals surface area contributed by atoms with E-state index in [1.165, 1.54) is 0 Å². The first-order valence-corrected chi connectivity index (χ1v) is 7.93. The molecule has 2 heterocycles. The molecule has 7 atom stereocenters. The van der Waals surface area contributed by atoms with E-state index in [2.05, 4.69) is 34.6 Å². The van der Waals surface area contributed by atoms with Crippen molar-refractivity contribution in [1.29, 1.82) is 0 Å². The summed E-state index contributed by atoms with van der Waals surface area (Å²) in [5.41, 5.74) is -0.404. The van der Waals surface area contributed by atoms with Gasteiger partial charge in [0.1, 0.15) is 5.60 Å². The zero-order valence-corrected chi connectivity index (χ0v) is 13.9. The highest BCUT2D eigenvalue weighted by Gasteiger charge is 2.55. The average molecular weight is 286 g/mol. The monoisotopic (exact) mass is 286 g/mol. The molecular weight excluding hydrogens is 256 g/mol. The lowest BCUT2D eigenvalue weighted by Crippen LogP contribution is -2.59. The third kappa shape index (κ3) is 2.76. The number of rotatable bonds is 3. The van der Waals surface area contributed by atoms with E-state index in [9.17, 15) is 0 Å². The van der Waals surface area contributed by atoms with E-state index < -0.39 is 5.60 Å². The molecule has 2 fully saturated rings. The molecule has 2 saturated heterocycles. The number of hydrogen-bond donors (Lipinski definition) is 0. The maximum Gasteiger partial charge on any atom is 0.156 e. The van der Waals surface area contributed by atoms with Crippen LogP contribution in [-0.2, 0) is 18.9 Å². The summed E-state index contributed by atoms with van der Waals surface area (Å²) in [5.74, 6) is 0.737. The minimum Gasteiger partial charge on any atom is -0.349 e. The predicted octanol–water partition coefficient (Wildman–Crippen LogP) is 3.34. The molecule has 0 bridgehead atoms. The van der Waals surface area contributed by atoms with Crippen LogP contribution in [0.25, 0.3) is 0 Å². The summed E-state index contributed by atoms with van der Waals surface area (Å²) in [5, 5.41) is 0. The third-order valence-corrected chi connectivity index (χ3v) is 4.69. The van der Waals surface area contributed by atoms with Gasteiger partial charge in [0.05, 0.1) is 18.3 Å². The predicted molar refractivity (Wildman–Crippen MR) is 77.3 cm³/mol. The van der Waals surface area contributed by atoms with Gasteiger partial charge in [-0.2, -0.15) is 0 Å². The smallest absolute Gasteiger partial charge is 0.156 e. The zero-order valence-electron chi connectivity index (χ0n) is 13.9. The lowest BCUT2D eigenvalue weighted by molar-refractivity contribution is -0.303. The van der Waals surface area contributed by atoms with Crippen LogP contribution in [0.15, 0.2) is 0 Å². The maximum atomic E-state index is 6.14. The van der Waals surface area contributed by atoms with Gasteiger partial charge in [0, 0.05) is 5.92 Å². The van der Waals surface area contributed by atoms with E-state index in [-0.39, 0.29) is 36.8 Å². The lowest BCUT2D eigenvalue weighted by atomic mass is 9.78. The highest BCUT2D eigenvalue weighted by Crippen LogP contribution is 2.43. The molecule has 118 valence electrons. The average Bonchev–Trinajstić information content (AvgIpc) is 2.67. The van der Waals surface area contributed by atoms with Crippen LogP contribution in [0.1, 0.15) is 54.9 Å². The van der Waals surface area contributed by atoms with Gasteiger partial charge in [0.2, 0.25) is 0 Å². The molecule has 0 aromatic carbocycles. The highest BCUT2D eigenvalue weighted by atomic mass is 16.8. The molecule has 0 radical (unpaired) electrons. The minimum atomic E-state index is -0.404. The second-order valence-corrected chi connectivity index (χ2v) is 6.73. The molecule has 2 aliphatic rings. The normalized spacial score (nSPS) is 49.8. The Morgan fingerprint density at radius 1 is 1.00 bits per heavy atom.